The minimum absolute atomic E-state index is 0.220. The maximum atomic E-state index is 10.9. The third-order valence-electron chi connectivity index (χ3n) is 3.73. The van der Waals surface area contributed by atoms with Gasteiger partial charge in [0.25, 0.3) is 10.1 Å². The first kappa shape index (κ1) is 15.4. The van der Waals surface area contributed by atoms with Gasteiger partial charge in [-0.15, -0.1) is 0 Å². The van der Waals surface area contributed by atoms with Crippen molar-refractivity contribution in [2.75, 3.05) is 19.0 Å². The van der Waals surface area contributed by atoms with Gasteiger partial charge >= 0.3 is 0 Å². The second-order valence-electron chi connectivity index (χ2n) is 5.66. The minimum atomic E-state index is -4.04. The molecule has 5 nitrogen and oxygen atoms in total. The van der Waals surface area contributed by atoms with Crippen LogP contribution in [0, 0.1) is 11.3 Å². The molecule has 0 bridgehead atoms. The standard InChI is InChI=1S/C14H20O5S/c15-10-14(11-20(16,17)18)6-13(7-14)9-19-8-12-4-2-1-3-5-12/h1-5,13,15H,6-11H2,(H,16,17,18)/t13-,14+. The SMILES string of the molecule is O=S(=O)(O)C[C@]1(CO)C[C@H](COCc2ccccc2)C1. The lowest BCUT2D eigenvalue weighted by atomic mass is 9.64. The fraction of sp³-hybridized carbons (Fsp3) is 0.571. The summed E-state index contributed by atoms with van der Waals surface area (Å²) in [5.41, 5.74) is 0.409. The second kappa shape index (κ2) is 6.22. The Morgan fingerprint density at radius 2 is 1.90 bits per heavy atom. The summed E-state index contributed by atoms with van der Waals surface area (Å²) in [4.78, 5) is 0. The zero-order valence-corrected chi connectivity index (χ0v) is 12.1. The molecule has 0 amide bonds. The number of aliphatic hydroxyl groups excluding tert-OH is 1. The van der Waals surface area contributed by atoms with E-state index >= 15 is 0 Å². The first-order valence-corrected chi connectivity index (χ1v) is 8.21. The molecule has 0 saturated heterocycles. The Labute approximate surface area is 119 Å². The fourth-order valence-electron chi connectivity index (χ4n) is 2.88. The van der Waals surface area contributed by atoms with Crippen molar-refractivity contribution >= 4 is 10.1 Å². The van der Waals surface area contributed by atoms with Gasteiger partial charge in [0, 0.05) is 18.6 Å². The van der Waals surface area contributed by atoms with Gasteiger partial charge in [-0.05, 0) is 24.3 Å². The highest BCUT2D eigenvalue weighted by Crippen LogP contribution is 2.46. The molecule has 1 fully saturated rings. The minimum Gasteiger partial charge on any atom is -0.396 e. The Balaban J connectivity index is 1.73. The van der Waals surface area contributed by atoms with E-state index in [9.17, 15) is 13.5 Å². The molecule has 0 aromatic heterocycles. The summed E-state index contributed by atoms with van der Waals surface area (Å²) in [6.45, 7) is 0.853. The van der Waals surface area contributed by atoms with E-state index in [4.69, 9.17) is 9.29 Å². The molecule has 6 heteroatoms. The maximum Gasteiger partial charge on any atom is 0.265 e. The smallest absolute Gasteiger partial charge is 0.265 e. The average Bonchev–Trinajstić information content (AvgIpc) is 2.35. The lowest BCUT2D eigenvalue weighted by Crippen LogP contribution is -2.46. The van der Waals surface area contributed by atoms with Crippen molar-refractivity contribution in [3.8, 4) is 0 Å². The Morgan fingerprint density at radius 3 is 2.45 bits per heavy atom. The van der Waals surface area contributed by atoms with E-state index in [1.165, 1.54) is 0 Å². The Kier molecular flexibility index (Phi) is 4.80. The van der Waals surface area contributed by atoms with Crippen molar-refractivity contribution in [3.63, 3.8) is 0 Å². The van der Waals surface area contributed by atoms with Crippen molar-refractivity contribution < 1.29 is 22.8 Å². The van der Waals surface area contributed by atoms with Gasteiger partial charge in [-0.3, -0.25) is 4.55 Å². The molecule has 112 valence electrons. The van der Waals surface area contributed by atoms with Gasteiger partial charge in [-0.25, -0.2) is 0 Å². The van der Waals surface area contributed by atoms with Gasteiger partial charge in [0.2, 0.25) is 0 Å². The summed E-state index contributed by atoms with van der Waals surface area (Å²) in [5.74, 6) is -0.126. The van der Waals surface area contributed by atoms with Gasteiger partial charge < -0.3 is 9.84 Å². The van der Waals surface area contributed by atoms with Crippen molar-refractivity contribution in [2.24, 2.45) is 11.3 Å². The monoisotopic (exact) mass is 300 g/mol. The van der Waals surface area contributed by atoms with Crippen molar-refractivity contribution in [3.05, 3.63) is 35.9 Å². The molecule has 0 heterocycles. The molecular formula is C14H20O5S. The van der Waals surface area contributed by atoms with E-state index < -0.39 is 15.5 Å². The zero-order valence-electron chi connectivity index (χ0n) is 11.2. The summed E-state index contributed by atoms with van der Waals surface area (Å²) >= 11 is 0. The lowest BCUT2D eigenvalue weighted by molar-refractivity contribution is -0.0357. The number of aliphatic hydroxyl groups is 1. The summed E-state index contributed by atoms with van der Waals surface area (Å²) in [7, 11) is -4.04. The van der Waals surface area contributed by atoms with Gasteiger partial charge in [0.1, 0.15) is 0 Å². The first-order chi connectivity index (χ1) is 9.42. The molecule has 0 spiro atoms. The third-order valence-corrected chi connectivity index (χ3v) is 4.71. The molecule has 2 N–H and O–H groups in total. The summed E-state index contributed by atoms with van der Waals surface area (Å²) in [5, 5.41) is 9.30. The van der Waals surface area contributed by atoms with E-state index in [0.717, 1.165) is 5.56 Å². The quantitative estimate of drug-likeness (QED) is 0.745. The van der Waals surface area contributed by atoms with Crippen LogP contribution in [-0.4, -0.2) is 37.0 Å². The van der Waals surface area contributed by atoms with Crippen LogP contribution in [0.1, 0.15) is 18.4 Å². The van der Waals surface area contributed by atoms with Crippen LogP contribution in [0.4, 0.5) is 0 Å². The Hall–Kier alpha value is -0.950. The van der Waals surface area contributed by atoms with E-state index in [-0.39, 0.29) is 18.3 Å². The molecule has 1 aliphatic rings. The summed E-state index contributed by atoms with van der Waals surface area (Å²) < 4.78 is 36.3. The van der Waals surface area contributed by atoms with Crippen molar-refractivity contribution in [1.82, 2.24) is 0 Å². The van der Waals surface area contributed by atoms with Gasteiger partial charge in [0.05, 0.1) is 12.4 Å². The third kappa shape index (κ3) is 4.28. The Bertz CT molecular complexity index is 520. The number of ether oxygens (including phenoxy) is 1. The molecule has 1 aromatic carbocycles. The summed E-state index contributed by atoms with van der Waals surface area (Å²) in [6, 6.07) is 9.81. The van der Waals surface area contributed by atoms with E-state index in [1.807, 2.05) is 30.3 Å². The maximum absolute atomic E-state index is 10.9. The molecule has 0 radical (unpaired) electrons. The second-order valence-corrected chi connectivity index (χ2v) is 7.11. The molecule has 20 heavy (non-hydrogen) atoms. The molecule has 0 aliphatic heterocycles. The van der Waals surface area contributed by atoms with Crippen LogP contribution in [-0.2, 0) is 21.5 Å². The number of rotatable bonds is 7. The van der Waals surface area contributed by atoms with Crippen LogP contribution in [0.3, 0.4) is 0 Å². The van der Waals surface area contributed by atoms with E-state index in [0.29, 0.717) is 26.1 Å². The molecule has 0 atom stereocenters. The zero-order chi connectivity index (χ0) is 14.6. The van der Waals surface area contributed by atoms with Crippen molar-refractivity contribution in [2.45, 2.75) is 19.4 Å². The predicted molar refractivity (Wildman–Crippen MR) is 74.8 cm³/mol. The van der Waals surface area contributed by atoms with Crippen LogP contribution < -0.4 is 0 Å². The van der Waals surface area contributed by atoms with Crippen LogP contribution >= 0.6 is 0 Å². The van der Waals surface area contributed by atoms with Crippen LogP contribution in [0.2, 0.25) is 0 Å². The molecular weight excluding hydrogens is 280 g/mol. The average molecular weight is 300 g/mol. The number of hydrogen-bond donors (Lipinski definition) is 2. The van der Waals surface area contributed by atoms with E-state index in [1.54, 1.807) is 0 Å². The molecule has 1 aliphatic carbocycles. The summed E-state index contributed by atoms with van der Waals surface area (Å²) in [6.07, 6.45) is 1.14. The lowest BCUT2D eigenvalue weighted by Gasteiger charge is -2.45. The molecule has 0 unspecified atom stereocenters. The first-order valence-electron chi connectivity index (χ1n) is 6.60. The normalized spacial score (nSPS) is 26.2. The Morgan fingerprint density at radius 1 is 1.25 bits per heavy atom. The topological polar surface area (TPSA) is 83.8 Å². The molecule has 1 saturated carbocycles. The number of hydrogen-bond acceptors (Lipinski definition) is 4. The highest BCUT2D eigenvalue weighted by atomic mass is 32.2. The molecule has 1 aromatic rings. The molecule has 2 rings (SSSR count). The highest BCUT2D eigenvalue weighted by Gasteiger charge is 2.46. The van der Waals surface area contributed by atoms with Crippen LogP contribution in [0.5, 0.6) is 0 Å². The van der Waals surface area contributed by atoms with Gasteiger partial charge in [-0.2, -0.15) is 8.42 Å². The van der Waals surface area contributed by atoms with Gasteiger partial charge in [-0.1, -0.05) is 30.3 Å². The van der Waals surface area contributed by atoms with Crippen LogP contribution in [0.15, 0.2) is 30.3 Å². The van der Waals surface area contributed by atoms with Gasteiger partial charge in [0.15, 0.2) is 0 Å². The highest BCUT2D eigenvalue weighted by molar-refractivity contribution is 7.85. The predicted octanol–water partition coefficient (Wildman–Crippen LogP) is 1.48. The van der Waals surface area contributed by atoms with E-state index in [2.05, 4.69) is 0 Å². The van der Waals surface area contributed by atoms with Crippen LogP contribution in [0.25, 0.3) is 0 Å². The largest absolute Gasteiger partial charge is 0.396 e. The van der Waals surface area contributed by atoms with Crippen molar-refractivity contribution in [1.29, 1.82) is 0 Å². The fourth-order valence-corrected chi connectivity index (χ4v) is 3.98. The number of benzene rings is 1.